The Labute approximate surface area is 152 Å². The first-order valence-electron chi connectivity index (χ1n) is 7.72. The number of rotatable bonds is 7. The molecule has 1 N–H and O–H groups in total. The Morgan fingerprint density at radius 2 is 1.65 bits per heavy atom. The van der Waals surface area contributed by atoms with Crippen molar-refractivity contribution in [1.29, 1.82) is 0 Å². The molecule has 8 heteroatoms. The standard InChI is InChI=1S/C18H21NO6S/c1-12-8-9-13(10-14(12)18(20)25-4)26(21,22)19-11-15-16(23-2)6-5-7-17(15)24-3/h5-10,19H,11H2,1-4H3. The summed E-state index contributed by atoms with van der Waals surface area (Å²) in [5.41, 5.74) is 1.40. The fourth-order valence-electron chi connectivity index (χ4n) is 2.45. The highest BCUT2D eigenvalue weighted by Crippen LogP contribution is 2.28. The van der Waals surface area contributed by atoms with Crippen LogP contribution in [-0.2, 0) is 21.3 Å². The van der Waals surface area contributed by atoms with Crippen LogP contribution in [0.3, 0.4) is 0 Å². The van der Waals surface area contributed by atoms with Crippen LogP contribution in [0.25, 0.3) is 0 Å². The van der Waals surface area contributed by atoms with E-state index in [9.17, 15) is 13.2 Å². The number of hydrogen-bond donors (Lipinski definition) is 1. The lowest BCUT2D eigenvalue weighted by Crippen LogP contribution is -2.24. The van der Waals surface area contributed by atoms with Crippen molar-refractivity contribution in [2.75, 3.05) is 21.3 Å². The van der Waals surface area contributed by atoms with E-state index in [0.29, 0.717) is 22.6 Å². The first-order chi connectivity index (χ1) is 12.3. The van der Waals surface area contributed by atoms with Gasteiger partial charge in [0.1, 0.15) is 11.5 Å². The lowest BCUT2D eigenvalue weighted by Gasteiger charge is -2.14. The summed E-state index contributed by atoms with van der Waals surface area (Å²) in [6.07, 6.45) is 0. The number of carbonyl (C=O) groups is 1. The third kappa shape index (κ3) is 4.14. The van der Waals surface area contributed by atoms with Gasteiger partial charge in [0.25, 0.3) is 0 Å². The molecule has 0 fully saturated rings. The molecule has 0 atom stereocenters. The molecule has 0 unspecified atom stereocenters. The van der Waals surface area contributed by atoms with Crippen LogP contribution < -0.4 is 14.2 Å². The van der Waals surface area contributed by atoms with Gasteiger partial charge in [0.2, 0.25) is 10.0 Å². The zero-order chi connectivity index (χ0) is 19.3. The number of ether oxygens (including phenoxy) is 3. The lowest BCUT2D eigenvalue weighted by atomic mass is 10.1. The average Bonchev–Trinajstić information content (AvgIpc) is 2.65. The number of methoxy groups -OCH3 is 3. The molecule has 0 spiro atoms. The van der Waals surface area contributed by atoms with Crippen LogP contribution in [0.2, 0.25) is 0 Å². The number of hydrogen-bond acceptors (Lipinski definition) is 6. The smallest absolute Gasteiger partial charge is 0.338 e. The van der Waals surface area contributed by atoms with Gasteiger partial charge in [0, 0.05) is 6.54 Å². The molecular weight excluding hydrogens is 358 g/mol. The van der Waals surface area contributed by atoms with Crippen LogP contribution in [0, 0.1) is 6.92 Å². The van der Waals surface area contributed by atoms with Gasteiger partial charge >= 0.3 is 5.97 Å². The topological polar surface area (TPSA) is 90.9 Å². The zero-order valence-corrected chi connectivity index (χ0v) is 15.8. The predicted octanol–water partition coefficient (Wildman–Crippen LogP) is 2.28. The Balaban J connectivity index is 2.32. The predicted molar refractivity (Wildman–Crippen MR) is 96.1 cm³/mol. The van der Waals surface area contributed by atoms with E-state index in [4.69, 9.17) is 9.47 Å². The van der Waals surface area contributed by atoms with Gasteiger partial charge < -0.3 is 14.2 Å². The fraction of sp³-hybridized carbons (Fsp3) is 0.278. The molecule has 0 saturated heterocycles. The first-order valence-corrected chi connectivity index (χ1v) is 9.21. The highest BCUT2D eigenvalue weighted by atomic mass is 32.2. The van der Waals surface area contributed by atoms with Gasteiger partial charge in [0.05, 0.1) is 37.4 Å². The minimum Gasteiger partial charge on any atom is -0.496 e. The number of sulfonamides is 1. The third-order valence-electron chi connectivity index (χ3n) is 3.89. The van der Waals surface area contributed by atoms with E-state index in [1.807, 2.05) is 0 Å². The minimum atomic E-state index is -3.86. The van der Waals surface area contributed by atoms with E-state index in [-0.39, 0.29) is 17.0 Å². The van der Waals surface area contributed by atoms with E-state index in [0.717, 1.165) is 0 Å². The molecule has 0 bridgehead atoms. The number of carbonyl (C=O) groups excluding carboxylic acids is 1. The van der Waals surface area contributed by atoms with Crippen molar-refractivity contribution in [3.05, 3.63) is 53.1 Å². The molecule has 2 rings (SSSR count). The molecule has 0 heterocycles. The van der Waals surface area contributed by atoms with Crippen molar-refractivity contribution in [1.82, 2.24) is 4.72 Å². The largest absolute Gasteiger partial charge is 0.496 e. The van der Waals surface area contributed by atoms with Crippen LogP contribution in [0.5, 0.6) is 11.5 Å². The molecule has 26 heavy (non-hydrogen) atoms. The van der Waals surface area contributed by atoms with Crippen molar-refractivity contribution in [3.63, 3.8) is 0 Å². The van der Waals surface area contributed by atoms with E-state index in [1.54, 1.807) is 31.2 Å². The molecule has 0 aliphatic rings. The highest BCUT2D eigenvalue weighted by molar-refractivity contribution is 7.89. The van der Waals surface area contributed by atoms with Gasteiger partial charge in [-0.2, -0.15) is 0 Å². The molecule has 0 amide bonds. The van der Waals surface area contributed by atoms with Gasteiger partial charge in [-0.25, -0.2) is 17.9 Å². The van der Waals surface area contributed by atoms with Crippen LogP contribution in [0.1, 0.15) is 21.5 Å². The molecule has 7 nitrogen and oxygen atoms in total. The summed E-state index contributed by atoms with van der Waals surface area (Å²) in [7, 11) is 0.378. The van der Waals surface area contributed by atoms with E-state index < -0.39 is 16.0 Å². The van der Waals surface area contributed by atoms with Gasteiger partial charge in [0.15, 0.2) is 0 Å². The van der Waals surface area contributed by atoms with Crippen molar-refractivity contribution in [3.8, 4) is 11.5 Å². The summed E-state index contributed by atoms with van der Waals surface area (Å²) >= 11 is 0. The minimum absolute atomic E-state index is 0.0302. The van der Waals surface area contributed by atoms with E-state index in [2.05, 4.69) is 9.46 Å². The summed E-state index contributed by atoms with van der Waals surface area (Å²) in [5, 5.41) is 0. The summed E-state index contributed by atoms with van der Waals surface area (Å²) in [6, 6.07) is 9.47. The highest BCUT2D eigenvalue weighted by Gasteiger charge is 2.20. The van der Waals surface area contributed by atoms with E-state index >= 15 is 0 Å². The Bertz CT molecular complexity index is 886. The van der Waals surface area contributed by atoms with Crippen molar-refractivity contribution < 1.29 is 27.4 Å². The van der Waals surface area contributed by atoms with Gasteiger partial charge in [-0.1, -0.05) is 12.1 Å². The van der Waals surface area contributed by atoms with Crippen molar-refractivity contribution >= 4 is 16.0 Å². The normalized spacial score (nSPS) is 11.1. The summed E-state index contributed by atoms with van der Waals surface area (Å²) in [6.45, 7) is 1.67. The average molecular weight is 379 g/mol. The maximum absolute atomic E-state index is 12.6. The summed E-state index contributed by atoms with van der Waals surface area (Å²) in [4.78, 5) is 11.8. The molecule has 0 aliphatic carbocycles. The molecule has 0 radical (unpaired) electrons. The molecule has 140 valence electrons. The summed E-state index contributed by atoms with van der Waals surface area (Å²) in [5.74, 6) is 0.420. The monoisotopic (exact) mass is 379 g/mol. The van der Waals surface area contributed by atoms with Crippen LogP contribution >= 0.6 is 0 Å². The molecule has 2 aromatic rings. The quantitative estimate of drug-likeness (QED) is 0.742. The molecule has 0 aromatic heterocycles. The number of benzene rings is 2. The fourth-order valence-corrected chi connectivity index (χ4v) is 3.47. The summed E-state index contributed by atoms with van der Waals surface area (Å²) < 4.78 is 43.0. The van der Waals surface area contributed by atoms with Gasteiger partial charge in [-0.15, -0.1) is 0 Å². The second-order valence-corrected chi connectivity index (χ2v) is 7.20. The Morgan fingerprint density at radius 3 is 2.19 bits per heavy atom. The molecule has 2 aromatic carbocycles. The SMILES string of the molecule is COC(=O)c1cc(S(=O)(=O)NCc2c(OC)cccc2OC)ccc1C. The van der Waals surface area contributed by atoms with Crippen LogP contribution in [-0.4, -0.2) is 35.7 Å². The number of nitrogens with one attached hydrogen (secondary N) is 1. The third-order valence-corrected chi connectivity index (χ3v) is 5.29. The molecular formula is C18H21NO6S. The second kappa shape index (κ2) is 8.20. The maximum atomic E-state index is 12.6. The Kier molecular flexibility index (Phi) is 6.23. The van der Waals surface area contributed by atoms with Gasteiger partial charge in [-0.05, 0) is 36.8 Å². The van der Waals surface area contributed by atoms with E-state index in [1.165, 1.54) is 33.5 Å². The zero-order valence-electron chi connectivity index (χ0n) is 15.0. The molecule has 0 aliphatic heterocycles. The Morgan fingerprint density at radius 1 is 1.04 bits per heavy atom. The second-order valence-electron chi connectivity index (χ2n) is 5.43. The number of esters is 1. The number of aryl methyl sites for hydroxylation is 1. The lowest BCUT2D eigenvalue weighted by molar-refractivity contribution is 0.0599. The van der Waals surface area contributed by atoms with Crippen molar-refractivity contribution in [2.45, 2.75) is 18.4 Å². The van der Waals surface area contributed by atoms with Gasteiger partial charge in [-0.3, -0.25) is 0 Å². The molecule has 0 saturated carbocycles. The maximum Gasteiger partial charge on any atom is 0.338 e. The van der Waals surface area contributed by atoms with Crippen LogP contribution in [0.4, 0.5) is 0 Å². The van der Waals surface area contributed by atoms with Crippen molar-refractivity contribution in [2.24, 2.45) is 0 Å². The first kappa shape index (κ1) is 19.7. The van der Waals surface area contributed by atoms with Crippen LogP contribution in [0.15, 0.2) is 41.3 Å². The Hall–Kier alpha value is -2.58.